The van der Waals surface area contributed by atoms with Crippen LogP contribution in [0, 0.1) is 6.92 Å². The number of hydrogen-bond acceptors (Lipinski definition) is 5. The Bertz CT molecular complexity index is 719. The summed E-state index contributed by atoms with van der Waals surface area (Å²) < 4.78 is 6.27. The highest BCUT2D eigenvalue weighted by Crippen LogP contribution is 2.32. The van der Waals surface area contributed by atoms with E-state index in [0.29, 0.717) is 23.6 Å². The molecule has 1 amide bonds. The van der Waals surface area contributed by atoms with Gasteiger partial charge in [0.25, 0.3) is 5.91 Å². The molecule has 0 saturated carbocycles. The molecular weight excluding hydrogens is 348 g/mol. The van der Waals surface area contributed by atoms with Crippen LogP contribution in [0.25, 0.3) is 11.3 Å². The summed E-state index contributed by atoms with van der Waals surface area (Å²) in [5.41, 5.74) is 7.93. The molecule has 0 aliphatic carbocycles. The van der Waals surface area contributed by atoms with Gasteiger partial charge in [0, 0.05) is 12.6 Å². The number of carbonyl (C=O) groups is 1. The topological polar surface area (TPSA) is 90.1 Å². The van der Waals surface area contributed by atoms with Crippen molar-refractivity contribution in [3.8, 4) is 17.0 Å². The summed E-state index contributed by atoms with van der Waals surface area (Å²) in [5, 5.41) is 2.60. The van der Waals surface area contributed by atoms with E-state index in [4.69, 9.17) is 10.5 Å². The fourth-order valence-electron chi connectivity index (χ4n) is 2.12. The highest BCUT2D eigenvalue weighted by molar-refractivity contribution is 9.10. The number of rotatable bonds is 4. The molecule has 6 nitrogen and oxygen atoms in total. The summed E-state index contributed by atoms with van der Waals surface area (Å²) in [6.45, 7) is 4.22. The van der Waals surface area contributed by atoms with Gasteiger partial charge < -0.3 is 15.8 Å². The maximum atomic E-state index is 12.1. The average Bonchev–Trinajstić information content (AvgIpc) is 2.48. The Morgan fingerprint density at radius 2 is 2.14 bits per heavy atom. The third-order valence-electron chi connectivity index (χ3n) is 3.07. The summed E-state index contributed by atoms with van der Waals surface area (Å²) in [6, 6.07) is 5.51. The van der Waals surface area contributed by atoms with Gasteiger partial charge in [-0.2, -0.15) is 0 Å². The van der Waals surface area contributed by atoms with Crippen LogP contribution in [-0.4, -0.2) is 29.5 Å². The van der Waals surface area contributed by atoms with Crippen molar-refractivity contribution < 1.29 is 9.53 Å². The molecular formula is C15H17BrN4O2. The van der Waals surface area contributed by atoms with Gasteiger partial charge in [0.05, 0.1) is 28.0 Å². The lowest BCUT2D eigenvalue weighted by Crippen LogP contribution is -2.21. The standard InChI is InChI=1S/C15H17BrN4O2/c1-4-22-11-6-5-9(7-10(11)16)13-12(14(21)18-3)8(2)19-15(17)20-13/h5-7H,4H2,1-3H3,(H,18,21)(H2,17,19,20). The third-order valence-corrected chi connectivity index (χ3v) is 3.69. The second-order valence-electron chi connectivity index (χ2n) is 4.55. The lowest BCUT2D eigenvalue weighted by molar-refractivity contribution is 0.0962. The largest absolute Gasteiger partial charge is 0.493 e. The summed E-state index contributed by atoms with van der Waals surface area (Å²) >= 11 is 3.46. The number of amides is 1. The number of nitrogens with one attached hydrogen (secondary N) is 1. The van der Waals surface area contributed by atoms with Crippen LogP contribution in [0.15, 0.2) is 22.7 Å². The summed E-state index contributed by atoms with van der Waals surface area (Å²) in [4.78, 5) is 20.4. The van der Waals surface area contributed by atoms with Crippen LogP contribution in [0.1, 0.15) is 23.0 Å². The van der Waals surface area contributed by atoms with E-state index in [2.05, 4.69) is 31.2 Å². The van der Waals surface area contributed by atoms with Gasteiger partial charge in [0.2, 0.25) is 5.95 Å². The molecule has 0 atom stereocenters. The molecule has 0 radical (unpaired) electrons. The molecule has 0 aliphatic heterocycles. The van der Waals surface area contributed by atoms with Crippen LogP contribution in [0.3, 0.4) is 0 Å². The van der Waals surface area contributed by atoms with Crippen LogP contribution in [-0.2, 0) is 0 Å². The van der Waals surface area contributed by atoms with Crippen molar-refractivity contribution in [2.75, 3.05) is 19.4 Å². The van der Waals surface area contributed by atoms with Crippen molar-refractivity contribution in [3.63, 3.8) is 0 Å². The molecule has 0 spiro atoms. The van der Waals surface area contributed by atoms with Crippen molar-refractivity contribution in [1.29, 1.82) is 0 Å². The molecule has 1 aromatic carbocycles. The van der Waals surface area contributed by atoms with E-state index in [-0.39, 0.29) is 11.9 Å². The van der Waals surface area contributed by atoms with Crippen LogP contribution in [0.2, 0.25) is 0 Å². The maximum absolute atomic E-state index is 12.1. The first-order valence-corrected chi connectivity index (χ1v) is 7.56. The average molecular weight is 365 g/mol. The Hall–Kier alpha value is -2.15. The fraction of sp³-hybridized carbons (Fsp3) is 0.267. The number of nitrogens with zero attached hydrogens (tertiary/aromatic N) is 2. The molecule has 3 N–H and O–H groups in total. The van der Waals surface area contributed by atoms with E-state index >= 15 is 0 Å². The molecule has 2 aromatic rings. The zero-order valence-electron chi connectivity index (χ0n) is 12.6. The van der Waals surface area contributed by atoms with Crippen molar-refractivity contribution >= 4 is 27.8 Å². The van der Waals surface area contributed by atoms with E-state index < -0.39 is 0 Å². The second-order valence-corrected chi connectivity index (χ2v) is 5.40. The monoisotopic (exact) mass is 364 g/mol. The fourth-order valence-corrected chi connectivity index (χ4v) is 2.61. The number of carbonyl (C=O) groups excluding carboxylic acids is 1. The van der Waals surface area contributed by atoms with Gasteiger partial charge in [0.15, 0.2) is 0 Å². The SMILES string of the molecule is CCOc1ccc(-c2nc(N)nc(C)c2C(=O)NC)cc1Br. The Kier molecular flexibility index (Phi) is 4.97. The predicted molar refractivity (Wildman–Crippen MR) is 88.9 cm³/mol. The number of aryl methyl sites for hydroxylation is 1. The van der Waals surface area contributed by atoms with Gasteiger partial charge in [-0.3, -0.25) is 4.79 Å². The van der Waals surface area contributed by atoms with E-state index in [1.807, 2.05) is 25.1 Å². The number of nitrogens with two attached hydrogens (primary N) is 1. The zero-order chi connectivity index (χ0) is 16.3. The van der Waals surface area contributed by atoms with Gasteiger partial charge in [0.1, 0.15) is 5.75 Å². The lowest BCUT2D eigenvalue weighted by Gasteiger charge is -2.12. The molecule has 0 unspecified atom stereocenters. The summed E-state index contributed by atoms with van der Waals surface area (Å²) in [7, 11) is 1.57. The Labute approximate surface area is 137 Å². The van der Waals surface area contributed by atoms with Crippen molar-refractivity contribution in [2.45, 2.75) is 13.8 Å². The van der Waals surface area contributed by atoms with Gasteiger partial charge in [-0.05, 0) is 48.0 Å². The Balaban J connectivity index is 2.61. The van der Waals surface area contributed by atoms with Crippen LogP contribution in [0.5, 0.6) is 5.75 Å². The molecule has 2 rings (SSSR count). The summed E-state index contributed by atoms with van der Waals surface area (Å²) in [6.07, 6.45) is 0. The minimum Gasteiger partial charge on any atom is -0.493 e. The number of hydrogen-bond donors (Lipinski definition) is 2. The predicted octanol–water partition coefficient (Wildman–Crippen LogP) is 2.56. The number of benzene rings is 1. The first kappa shape index (κ1) is 16.2. The van der Waals surface area contributed by atoms with E-state index in [1.54, 1.807) is 14.0 Å². The van der Waals surface area contributed by atoms with Gasteiger partial charge >= 0.3 is 0 Å². The normalized spacial score (nSPS) is 10.4. The van der Waals surface area contributed by atoms with Gasteiger partial charge in [-0.15, -0.1) is 0 Å². The number of nitrogen functional groups attached to an aromatic ring is 1. The molecule has 0 aliphatic rings. The Morgan fingerprint density at radius 1 is 1.41 bits per heavy atom. The van der Waals surface area contributed by atoms with Crippen molar-refractivity contribution in [2.24, 2.45) is 0 Å². The first-order chi connectivity index (χ1) is 10.5. The minimum absolute atomic E-state index is 0.130. The van der Waals surface area contributed by atoms with Crippen LogP contribution in [0.4, 0.5) is 5.95 Å². The van der Waals surface area contributed by atoms with E-state index in [0.717, 1.165) is 15.8 Å². The van der Waals surface area contributed by atoms with Crippen molar-refractivity contribution in [3.05, 3.63) is 33.9 Å². The highest BCUT2D eigenvalue weighted by Gasteiger charge is 2.19. The first-order valence-electron chi connectivity index (χ1n) is 6.76. The Morgan fingerprint density at radius 3 is 2.73 bits per heavy atom. The van der Waals surface area contributed by atoms with Crippen molar-refractivity contribution in [1.82, 2.24) is 15.3 Å². The lowest BCUT2D eigenvalue weighted by atomic mass is 10.0. The number of aromatic nitrogens is 2. The minimum atomic E-state index is -0.252. The molecule has 1 heterocycles. The molecule has 22 heavy (non-hydrogen) atoms. The molecule has 0 saturated heterocycles. The molecule has 0 bridgehead atoms. The van der Waals surface area contributed by atoms with Gasteiger partial charge in [-0.1, -0.05) is 0 Å². The molecule has 7 heteroatoms. The van der Waals surface area contributed by atoms with Crippen LogP contribution >= 0.6 is 15.9 Å². The summed E-state index contributed by atoms with van der Waals surface area (Å²) in [5.74, 6) is 0.606. The smallest absolute Gasteiger partial charge is 0.255 e. The number of anilines is 1. The van der Waals surface area contributed by atoms with Crippen LogP contribution < -0.4 is 15.8 Å². The maximum Gasteiger partial charge on any atom is 0.255 e. The molecule has 0 fully saturated rings. The zero-order valence-corrected chi connectivity index (χ0v) is 14.2. The molecule has 1 aromatic heterocycles. The van der Waals surface area contributed by atoms with E-state index in [9.17, 15) is 4.79 Å². The number of halogens is 1. The van der Waals surface area contributed by atoms with Gasteiger partial charge in [-0.25, -0.2) is 9.97 Å². The quantitative estimate of drug-likeness (QED) is 0.869. The molecule has 116 valence electrons. The highest BCUT2D eigenvalue weighted by atomic mass is 79.9. The van der Waals surface area contributed by atoms with E-state index in [1.165, 1.54) is 0 Å². The second kappa shape index (κ2) is 6.74. The third kappa shape index (κ3) is 3.19. The number of ether oxygens (including phenoxy) is 1.